The molecule has 0 spiro atoms. The first-order valence-corrected chi connectivity index (χ1v) is 8.75. The third-order valence-corrected chi connectivity index (χ3v) is 5.81. The third kappa shape index (κ3) is 2.87. The van der Waals surface area contributed by atoms with Crippen molar-refractivity contribution in [2.75, 3.05) is 20.1 Å². The summed E-state index contributed by atoms with van der Waals surface area (Å²) < 4.78 is 0. The van der Waals surface area contributed by atoms with Crippen LogP contribution in [0, 0.1) is 0 Å². The van der Waals surface area contributed by atoms with Gasteiger partial charge in [-0.15, -0.1) is 11.3 Å². The third-order valence-electron chi connectivity index (χ3n) is 4.88. The molecular formula is C16H25N3OS. The van der Waals surface area contributed by atoms with E-state index in [1.165, 1.54) is 17.7 Å². The number of hydrogen-bond acceptors (Lipinski definition) is 4. The minimum Gasteiger partial charge on any atom is -0.319 e. The molecule has 2 fully saturated rings. The Kier molecular flexibility index (Phi) is 4.08. The SMILES string of the molecule is CCC1(C)NC(c2cccs2)N(CCN(C)C2CC2)C1=O. The molecule has 1 aliphatic carbocycles. The number of likely N-dealkylation sites (N-methyl/N-ethyl adjacent to an activating group) is 1. The molecule has 1 N–H and O–H groups in total. The van der Waals surface area contributed by atoms with Crippen LogP contribution in [0.15, 0.2) is 17.5 Å². The molecule has 2 aliphatic rings. The zero-order valence-corrected chi connectivity index (χ0v) is 13.9. The molecule has 0 aromatic carbocycles. The molecule has 2 unspecified atom stereocenters. The molecule has 21 heavy (non-hydrogen) atoms. The van der Waals surface area contributed by atoms with Crippen LogP contribution in [0.3, 0.4) is 0 Å². The normalized spacial score (nSPS) is 29.6. The number of amides is 1. The summed E-state index contributed by atoms with van der Waals surface area (Å²) in [6.45, 7) is 5.87. The van der Waals surface area contributed by atoms with E-state index in [0.717, 1.165) is 25.6 Å². The van der Waals surface area contributed by atoms with E-state index < -0.39 is 5.54 Å². The number of rotatable bonds is 6. The van der Waals surface area contributed by atoms with E-state index >= 15 is 0 Å². The summed E-state index contributed by atoms with van der Waals surface area (Å²) >= 11 is 1.72. The molecule has 0 bridgehead atoms. The van der Waals surface area contributed by atoms with Crippen molar-refractivity contribution in [2.45, 2.75) is 50.9 Å². The Labute approximate surface area is 131 Å². The van der Waals surface area contributed by atoms with Crippen molar-refractivity contribution in [3.05, 3.63) is 22.4 Å². The summed E-state index contributed by atoms with van der Waals surface area (Å²) in [5.74, 6) is 0.243. The summed E-state index contributed by atoms with van der Waals surface area (Å²) in [6.07, 6.45) is 3.48. The predicted octanol–water partition coefficient (Wildman–Crippen LogP) is 2.44. The van der Waals surface area contributed by atoms with Crippen LogP contribution in [-0.4, -0.2) is 47.4 Å². The van der Waals surface area contributed by atoms with Crippen LogP contribution in [0.4, 0.5) is 0 Å². The first kappa shape index (κ1) is 15.0. The smallest absolute Gasteiger partial charge is 0.244 e. The zero-order valence-electron chi connectivity index (χ0n) is 13.1. The van der Waals surface area contributed by atoms with Crippen molar-refractivity contribution in [3.63, 3.8) is 0 Å². The van der Waals surface area contributed by atoms with Crippen molar-refractivity contribution in [3.8, 4) is 0 Å². The van der Waals surface area contributed by atoms with E-state index in [0.29, 0.717) is 0 Å². The number of carbonyl (C=O) groups is 1. The highest BCUT2D eigenvalue weighted by Crippen LogP contribution is 2.34. The maximum absolute atomic E-state index is 12.8. The van der Waals surface area contributed by atoms with E-state index in [1.807, 2.05) is 11.8 Å². The Balaban J connectivity index is 1.74. The lowest BCUT2D eigenvalue weighted by Gasteiger charge is -2.26. The van der Waals surface area contributed by atoms with Crippen LogP contribution in [0.1, 0.15) is 44.2 Å². The van der Waals surface area contributed by atoms with E-state index in [1.54, 1.807) is 11.3 Å². The summed E-state index contributed by atoms with van der Waals surface area (Å²) in [6, 6.07) is 4.92. The second-order valence-corrected chi connectivity index (χ2v) is 7.44. The molecule has 0 radical (unpaired) electrons. The number of carbonyl (C=O) groups excluding carboxylic acids is 1. The summed E-state index contributed by atoms with van der Waals surface area (Å²) in [5, 5.41) is 5.64. The summed E-state index contributed by atoms with van der Waals surface area (Å²) in [5.41, 5.74) is -0.424. The monoisotopic (exact) mass is 307 g/mol. The molecule has 1 saturated carbocycles. The van der Waals surface area contributed by atoms with Gasteiger partial charge in [0.1, 0.15) is 6.17 Å². The van der Waals surface area contributed by atoms with E-state index in [2.05, 4.69) is 41.7 Å². The van der Waals surface area contributed by atoms with Crippen LogP contribution >= 0.6 is 11.3 Å². The van der Waals surface area contributed by atoms with Gasteiger partial charge in [-0.25, -0.2) is 0 Å². The largest absolute Gasteiger partial charge is 0.319 e. The summed E-state index contributed by atoms with van der Waals surface area (Å²) in [7, 11) is 2.17. The van der Waals surface area contributed by atoms with Gasteiger partial charge in [-0.3, -0.25) is 10.1 Å². The van der Waals surface area contributed by atoms with Gasteiger partial charge >= 0.3 is 0 Å². The lowest BCUT2D eigenvalue weighted by atomic mass is 9.99. The zero-order chi connectivity index (χ0) is 15.0. The highest BCUT2D eigenvalue weighted by Gasteiger charge is 2.47. The van der Waals surface area contributed by atoms with Crippen molar-refractivity contribution >= 4 is 17.2 Å². The molecule has 1 aromatic rings. The Hall–Kier alpha value is -0.910. The maximum atomic E-state index is 12.8. The van der Waals surface area contributed by atoms with E-state index in [4.69, 9.17) is 0 Å². The van der Waals surface area contributed by atoms with Crippen LogP contribution in [0.5, 0.6) is 0 Å². The molecule has 1 saturated heterocycles. The van der Waals surface area contributed by atoms with E-state index in [9.17, 15) is 4.79 Å². The Bertz CT molecular complexity index is 500. The standard InChI is InChI=1S/C16H25N3OS/c1-4-16(2)15(20)19(10-9-18(3)12-7-8-12)14(17-16)13-6-5-11-21-13/h5-6,11-12,14,17H,4,7-10H2,1-3H3. The van der Waals surface area contributed by atoms with Gasteiger partial charge in [-0.05, 0) is 44.7 Å². The van der Waals surface area contributed by atoms with Crippen LogP contribution in [-0.2, 0) is 4.79 Å². The molecule has 1 aromatic heterocycles. The minimum atomic E-state index is -0.424. The molecule has 2 heterocycles. The molecule has 1 aliphatic heterocycles. The molecule has 116 valence electrons. The molecule has 5 heteroatoms. The van der Waals surface area contributed by atoms with Crippen molar-refractivity contribution < 1.29 is 4.79 Å². The van der Waals surface area contributed by atoms with Gasteiger partial charge in [0.05, 0.1) is 5.54 Å². The Morgan fingerprint density at radius 2 is 2.29 bits per heavy atom. The second kappa shape index (κ2) is 5.71. The van der Waals surface area contributed by atoms with Gasteiger partial charge in [0.15, 0.2) is 0 Å². The number of thiophene rings is 1. The Morgan fingerprint density at radius 3 is 2.86 bits per heavy atom. The number of nitrogens with zero attached hydrogens (tertiary/aromatic N) is 2. The molecule has 3 rings (SSSR count). The lowest BCUT2D eigenvalue weighted by molar-refractivity contribution is -0.133. The Morgan fingerprint density at radius 1 is 1.52 bits per heavy atom. The van der Waals surface area contributed by atoms with Gasteiger partial charge < -0.3 is 9.80 Å². The molecular weight excluding hydrogens is 282 g/mol. The number of hydrogen-bond donors (Lipinski definition) is 1. The lowest BCUT2D eigenvalue weighted by Crippen LogP contribution is -2.43. The highest BCUT2D eigenvalue weighted by atomic mass is 32.1. The van der Waals surface area contributed by atoms with E-state index in [-0.39, 0.29) is 12.1 Å². The first-order chi connectivity index (χ1) is 10.0. The fraction of sp³-hybridized carbons (Fsp3) is 0.688. The average molecular weight is 307 g/mol. The van der Waals surface area contributed by atoms with Crippen molar-refractivity contribution in [1.29, 1.82) is 0 Å². The fourth-order valence-electron chi connectivity index (χ4n) is 2.99. The van der Waals surface area contributed by atoms with Crippen molar-refractivity contribution in [1.82, 2.24) is 15.1 Å². The quantitative estimate of drug-likeness (QED) is 0.877. The number of nitrogens with one attached hydrogen (secondary N) is 1. The van der Waals surface area contributed by atoms with Gasteiger partial charge in [-0.2, -0.15) is 0 Å². The summed E-state index contributed by atoms with van der Waals surface area (Å²) in [4.78, 5) is 18.5. The van der Waals surface area contributed by atoms with Gasteiger partial charge in [0.25, 0.3) is 0 Å². The second-order valence-electron chi connectivity index (χ2n) is 6.46. The highest BCUT2D eigenvalue weighted by molar-refractivity contribution is 7.10. The van der Waals surface area contributed by atoms with Crippen LogP contribution in [0.2, 0.25) is 0 Å². The van der Waals surface area contributed by atoms with Crippen LogP contribution in [0.25, 0.3) is 0 Å². The molecule has 4 nitrogen and oxygen atoms in total. The minimum absolute atomic E-state index is 0.0371. The first-order valence-electron chi connectivity index (χ1n) is 7.87. The fourth-order valence-corrected chi connectivity index (χ4v) is 3.78. The van der Waals surface area contributed by atoms with Crippen LogP contribution < -0.4 is 5.32 Å². The average Bonchev–Trinajstić information content (AvgIpc) is 3.13. The molecule has 1 amide bonds. The van der Waals surface area contributed by atoms with Gasteiger partial charge in [0.2, 0.25) is 5.91 Å². The van der Waals surface area contributed by atoms with Crippen molar-refractivity contribution in [2.24, 2.45) is 0 Å². The molecule has 2 atom stereocenters. The van der Waals surface area contributed by atoms with Gasteiger partial charge in [-0.1, -0.05) is 13.0 Å². The van der Waals surface area contributed by atoms with Gasteiger partial charge in [0, 0.05) is 24.0 Å². The topological polar surface area (TPSA) is 35.6 Å². The predicted molar refractivity (Wildman–Crippen MR) is 86.3 cm³/mol. The maximum Gasteiger partial charge on any atom is 0.244 e.